The van der Waals surface area contributed by atoms with Crippen LogP contribution in [-0.4, -0.2) is 64.1 Å². The Morgan fingerprint density at radius 2 is 2.15 bits per heavy atom. The Balaban J connectivity index is 1.50. The Morgan fingerprint density at radius 1 is 1.27 bits per heavy atom. The molecule has 6 nitrogen and oxygen atoms in total. The first kappa shape index (κ1) is 17.1. The zero-order valence-electron chi connectivity index (χ0n) is 15.0. The number of nitrogens with zero attached hydrogens (tertiary/aromatic N) is 4. The molecule has 6 heteroatoms. The quantitative estimate of drug-likeness (QED) is 0.844. The Morgan fingerprint density at radius 3 is 2.96 bits per heavy atom. The smallest absolute Gasteiger partial charge is 0.274 e. The fourth-order valence-electron chi connectivity index (χ4n) is 3.92. The van der Waals surface area contributed by atoms with E-state index in [0.717, 1.165) is 26.1 Å². The Hall–Kier alpha value is -2.31. The van der Waals surface area contributed by atoms with Crippen LogP contribution < -0.4 is 0 Å². The van der Waals surface area contributed by atoms with Gasteiger partial charge in [-0.25, -0.2) is 4.98 Å². The summed E-state index contributed by atoms with van der Waals surface area (Å²) in [4.78, 5) is 25.5. The normalized spacial score (nSPS) is 23.5. The zero-order valence-corrected chi connectivity index (χ0v) is 15.0. The molecular weight excluding hydrogens is 328 g/mol. The SMILES string of the molecule is Cc1ccccc1CN1CC[C@@H]2OCCN(C(=O)c3cnccn3)[C@H]2C1. The van der Waals surface area contributed by atoms with Gasteiger partial charge in [-0.2, -0.15) is 0 Å². The number of benzene rings is 1. The molecule has 1 aromatic carbocycles. The van der Waals surface area contributed by atoms with E-state index in [9.17, 15) is 4.79 Å². The second-order valence-corrected chi connectivity index (χ2v) is 7.02. The lowest BCUT2D eigenvalue weighted by molar-refractivity contribution is -0.0915. The number of fused-ring (bicyclic) bond motifs is 1. The number of amides is 1. The molecule has 0 N–H and O–H groups in total. The first-order valence-corrected chi connectivity index (χ1v) is 9.18. The summed E-state index contributed by atoms with van der Waals surface area (Å²) in [5.74, 6) is -0.0471. The fourth-order valence-corrected chi connectivity index (χ4v) is 3.92. The molecule has 2 fully saturated rings. The van der Waals surface area contributed by atoms with Gasteiger partial charge in [0.15, 0.2) is 0 Å². The van der Waals surface area contributed by atoms with E-state index in [4.69, 9.17) is 4.74 Å². The van der Waals surface area contributed by atoms with Crippen LogP contribution >= 0.6 is 0 Å². The van der Waals surface area contributed by atoms with Crippen molar-refractivity contribution in [2.75, 3.05) is 26.2 Å². The minimum absolute atomic E-state index is 0.0471. The maximum absolute atomic E-state index is 12.9. The highest BCUT2D eigenvalue weighted by molar-refractivity contribution is 5.92. The maximum Gasteiger partial charge on any atom is 0.274 e. The molecule has 4 rings (SSSR count). The average Bonchev–Trinajstić information content (AvgIpc) is 2.69. The minimum atomic E-state index is -0.0471. The molecule has 0 unspecified atom stereocenters. The molecule has 2 aliphatic rings. The van der Waals surface area contributed by atoms with Crippen molar-refractivity contribution < 1.29 is 9.53 Å². The number of piperidine rings is 1. The van der Waals surface area contributed by atoms with Crippen molar-refractivity contribution in [3.8, 4) is 0 Å². The predicted octanol–water partition coefficient (Wildman–Crippen LogP) is 1.90. The second kappa shape index (κ2) is 7.51. The van der Waals surface area contributed by atoms with Crippen LogP contribution in [-0.2, 0) is 11.3 Å². The summed E-state index contributed by atoms with van der Waals surface area (Å²) in [6.45, 7) is 6.06. The summed E-state index contributed by atoms with van der Waals surface area (Å²) in [5, 5.41) is 0. The summed E-state index contributed by atoms with van der Waals surface area (Å²) in [6.07, 6.45) is 5.75. The van der Waals surface area contributed by atoms with E-state index < -0.39 is 0 Å². The number of rotatable bonds is 3. The van der Waals surface area contributed by atoms with Crippen molar-refractivity contribution in [2.24, 2.45) is 0 Å². The monoisotopic (exact) mass is 352 g/mol. The lowest BCUT2D eigenvalue weighted by atomic mass is 9.97. The number of carbonyl (C=O) groups excluding carboxylic acids is 1. The van der Waals surface area contributed by atoms with Gasteiger partial charge in [0.25, 0.3) is 5.91 Å². The standard InChI is InChI=1S/C20H24N4O2/c1-15-4-2-3-5-16(15)13-23-9-6-19-18(14-23)24(10-11-26-19)20(25)17-12-21-7-8-22-17/h2-5,7-8,12,18-19H,6,9-11,13-14H2,1H3/t18-,19-/m0/s1. The number of hydrogen-bond donors (Lipinski definition) is 0. The van der Waals surface area contributed by atoms with Crippen molar-refractivity contribution in [1.82, 2.24) is 19.8 Å². The van der Waals surface area contributed by atoms with E-state index in [1.807, 2.05) is 4.90 Å². The van der Waals surface area contributed by atoms with E-state index in [-0.39, 0.29) is 18.1 Å². The average molecular weight is 352 g/mol. The van der Waals surface area contributed by atoms with Gasteiger partial charge >= 0.3 is 0 Å². The Labute approximate surface area is 153 Å². The van der Waals surface area contributed by atoms with Crippen LogP contribution in [0.5, 0.6) is 0 Å². The highest BCUT2D eigenvalue weighted by Crippen LogP contribution is 2.25. The first-order valence-electron chi connectivity index (χ1n) is 9.18. The van der Waals surface area contributed by atoms with Gasteiger partial charge in [-0.15, -0.1) is 0 Å². The third kappa shape index (κ3) is 3.48. The maximum atomic E-state index is 12.9. The number of carbonyl (C=O) groups is 1. The van der Waals surface area contributed by atoms with E-state index in [2.05, 4.69) is 46.1 Å². The largest absolute Gasteiger partial charge is 0.374 e. The molecule has 2 aliphatic heterocycles. The molecule has 2 aromatic rings. The molecule has 2 atom stereocenters. The van der Waals surface area contributed by atoms with E-state index in [1.165, 1.54) is 11.1 Å². The van der Waals surface area contributed by atoms with Gasteiger partial charge < -0.3 is 9.64 Å². The number of morpholine rings is 1. The van der Waals surface area contributed by atoms with Crippen LogP contribution in [0.3, 0.4) is 0 Å². The molecule has 0 bridgehead atoms. The third-order valence-corrected chi connectivity index (χ3v) is 5.37. The van der Waals surface area contributed by atoms with Gasteiger partial charge in [-0.3, -0.25) is 14.7 Å². The lowest BCUT2D eigenvalue weighted by Gasteiger charge is -2.47. The molecule has 3 heterocycles. The molecule has 1 amide bonds. The highest BCUT2D eigenvalue weighted by atomic mass is 16.5. The van der Waals surface area contributed by atoms with E-state index >= 15 is 0 Å². The highest BCUT2D eigenvalue weighted by Gasteiger charge is 2.39. The molecule has 1 aromatic heterocycles. The fraction of sp³-hybridized carbons (Fsp3) is 0.450. The van der Waals surface area contributed by atoms with Crippen molar-refractivity contribution in [2.45, 2.75) is 32.0 Å². The van der Waals surface area contributed by atoms with Gasteiger partial charge in [0, 0.05) is 38.6 Å². The summed E-state index contributed by atoms with van der Waals surface area (Å²) in [5.41, 5.74) is 3.06. The van der Waals surface area contributed by atoms with Crippen LogP contribution in [0.15, 0.2) is 42.9 Å². The number of ether oxygens (including phenoxy) is 1. The molecule has 0 saturated carbocycles. The number of likely N-dealkylation sites (tertiary alicyclic amines) is 1. The minimum Gasteiger partial charge on any atom is -0.374 e. The summed E-state index contributed by atoms with van der Waals surface area (Å²) < 4.78 is 5.96. The van der Waals surface area contributed by atoms with Crippen LogP contribution in [0.2, 0.25) is 0 Å². The van der Waals surface area contributed by atoms with Crippen molar-refractivity contribution in [1.29, 1.82) is 0 Å². The van der Waals surface area contributed by atoms with Crippen LogP contribution in [0.4, 0.5) is 0 Å². The Bertz CT molecular complexity index is 767. The number of aromatic nitrogens is 2. The lowest BCUT2D eigenvalue weighted by Crippen LogP contribution is -2.61. The van der Waals surface area contributed by atoms with Crippen molar-refractivity contribution >= 4 is 5.91 Å². The van der Waals surface area contributed by atoms with Crippen molar-refractivity contribution in [3.63, 3.8) is 0 Å². The third-order valence-electron chi connectivity index (χ3n) is 5.37. The molecular formula is C20H24N4O2. The summed E-state index contributed by atoms with van der Waals surface area (Å²) in [6, 6.07) is 8.55. The van der Waals surface area contributed by atoms with Gasteiger partial charge in [0.1, 0.15) is 5.69 Å². The predicted molar refractivity (Wildman–Crippen MR) is 97.7 cm³/mol. The van der Waals surface area contributed by atoms with Crippen LogP contribution in [0.25, 0.3) is 0 Å². The van der Waals surface area contributed by atoms with Crippen LogP contribution in [0, 0.1) is 6.92 Å². The van der Waals surface area contributed by atoms with Gasteiger partial charge in [-0.1, -0.05) is 24.3 Å². The van der Waals surface area contributed by atoms with E-state index in [0.29, 0.717) is 18.8 Å². The zero-order chi connectivity index (χ0) is 17.9. The number of aryl methyl sites for hydroxylation is 1. The summed E-state index contributed by atoms with van der Waals surface area (Å²) in [7, 11) is 0. The molecule has 0 radical (unpaired) electrons. The molecule has 0 aliphatic carbocycles. The van der Waals surface area contributed by atoms with Gasteiger partial charge in [0.05, 0.1) is 24.9 Å². The number of hydrogen-bond acceptors (Lipinski definition) is 5. The van der Waals surface area contributed by atoms with Gasteiger partial charge in [0.2, 0.25) is 0 Å². The first-order chi connectivity index (χ1) is 12.7. The topological polar surface area (TPSA) is 58.6 Å². The molecule has 0 spiro atoms. The molecule has 2 saturated heterocycles. The second-order valence-electron chi connectivity index (χ2n) is 7.02. The van der Waals surface area contributed by atoms with Crippen LogP contribution in [0.1, 0.15) is 28.0 Å². The summed E-state index contributed by atoms with van der Waals surface area (Å²) >= 11 is 0. The van der Waals surface area contributed by atoms with Gasteiger partial charge in [-0.05, 0) is 24.5 Å². The van der Waals surface area contributed by atoms with E-state index in [1.54, 1.807) is 18.6 Å². The van der Waals surface area contributed by atoms with Crippen molar-refractivity contribution in [3.05, 3.63) is 59.7 Å². The molecule has 136 valence electrons. The Kier molecular flexibility index (Phi) is 4.95. The molecule has 26 heavy (non-hydrogen) atoms.